The third-order valence-corrected chi connectivity index (χ3v) is 7.69. The molecule has 160 valence electrons. The van der Waals surface area contributed by atoms with Gasteiger partial charge in [0.2, 0.25) is 0 Å². The van der Waals surface area contributed by atoms with Gasteiger partial charge in [-0.1, -0.05) is 66.1 Å². The molecule has 0 spiro atoms. The summed E-state index contributed by atoms with van der Waals surface area (Å²) in [5.41, 5.74) is 2.63. The second-order valence-corrected chi connectivity index (χ2v) is 10.4. The number of thiophene rings is 1. The molecule has 0 radical (unpaired) electrons. The molecule has 0 aliphatic heterocycles. The van der Waals surface area contributed by atoms with E-state index in [0.717, 1.165) is 22.2 Å². The Balaban J connectivity index is 1.57. The predicted molar refractivity (Wildman–Crippen MR) is 138 cm³/mol. The van der Waals surface area contributed by atoms with E-state index in [1.807, 2.05) is 19.9 Å². The molecule has 0 fully saturated rings. The topological polar surface area (TPSA) is 42.4 Å². The molecule has 32 heavy (non-hydrogen) atoms. The predicted octanol–water partition coefficient (Wildman–Crippen LogP) is 5.81. The van der Waals surface area contributed by atoms with Crippen LogP contribution in [0, 0.1) is 0 Å². The fraction of sp³-hybridized carbons (Fsp3) is 0.222. The third-order valence-electron chi connectivity index (χ3n) is 6.52. The van der Waals surface area contributed by atoms with Crippen LogP contribution in [-0.2, 0) is 4.65 Å². The Hall–Kier alpha value is -2.73. The fourth-order valence-electron chi connectivity index (χ4n) is 3.83. The molecule has 0 atom stereocenters. The van der Waals surface area contributed by atoms with Crippen molar-refractivity contribution in [3.05, 3.63) is 72.8 Å². The standard InChI is InChI=1S/C27H26BNO2S/c1-26(2,30)27(3,4)31-28-18-15-13-17(14-16-18)24-25-23(19-9-5-7-11-21(19)29-24)20-10-6-8-12-22(20)32-25/h5-16,28,30H,1-4H3. The number of pyridine rings is 1. The van der Waals surface area contributed by atoms with Gasteiger partial charge in [-0.05, 0) is 39.8 Å². The van der Waals surface area contributed by atoms with Crippen LogP contribution in [0.1, 0.15) is 27.7 Å². The molecule has 5 aromatic rings. The van der Waals surface area contributed by atoms with Gasteiger partial charge in [0.25, 0.3) is 0 Å². The molecule has 0 saturated heterocycles. The van der Waals surface area contributed by atoms with Gasteiger partial charge in [-0.2, -0.15) is 0 Å². The van der Waals surface area contributed by atoms with Crippen LogP contribution in [0.3, 0.4) is 0 Å². The summed E-state index contributed by atoms with van der Waals surface area (Å²) in [6.45, 7) is 7.38. The first-order valence-electron chi connectivity index (χ1n) is 10.9. The Morgan fingerprint density at radius 3 is 2.22 bits per heavy atom. The Kier molecular flexibility index (Phi) is 5.08. The third kappa shape index (κ3) is 3.60. The van der Waals surface area contributed by atoms with Crippen molar-refractivity contribution in [2.24, 2.45) is 0 Å². The van der Waals surface area contributed by atoms with Gasteiger partial charge in [0.1, 0.15) is 0 Å². The van der Waals surface area contributed by atoms with E-state index in [2.05, 4.69) is 66.7 Å². The minimum Gasteiger partial charge on any atom is -0.427 e. The van der Waals surface area contributed by atoms with E-state index >= 15 is 0 Å². The lowest BCUT2D eigenvalue weighted by Gasteiger charge is -2.37. The van der Waals surface area contributed by atoms with Crippen molar-refractivity contribution in [2.45, 2.75) is 38.9 Å². The minimum atomic E-state index is -0.922. The normalized spacial score (nSPS) is 12.7. The number of rotatable bonds is 5. The summed E-state index contributed by atoms with van der Waals surface area (Å²) in [7, 11) is 0.445. The fourth-order valence-corrected chi connectivity index (χ4v) is 5.06. The molecule has 0 amide bonds. The van der Waals surface area contributed by atoms with Crippen LogP contribution in [-0.4, -0.2) is 28.8 Å². The number of fused-ring (bicyclic) bond motifs is 5. The van der Waals surface area contributed by atoms with Crippen molar-refractivity contribution in [1.29, 1.82) is 0 Å². The molecule has 2 heterocycles. The van der Waals surface area contributed by atoms with Crippen LogP contribution in [0.25, 0.3) is 42.3 Å². The molecule has 5 rings (SSSR count). The summed E-state index contributed by atoms with van der Waals surface area (Å²) in [6.07, 6.45) is 0. The summed E-state index contributed by atoms with van der Waals surface area (Å²) in [5.74, 6) is 0. The number of aliphatic hydroxyl groups is 1. The number of para-hydroxylation sites is 1. The zero-order valence-electron chi connectivity index (χ0n) is 18.8. The largest absolute Gasteiger partial charge is 0.427 e. The van der Waals surface area contributed by atoms with Crippen LogP contribution in [0.5, 0.6) is 0 Å². The lowest BCUT2D eigenvalue weighted by molar-refractivity contribution is -0.0893. The summed E-state index contributed by atoms with van der Waals surface area (Å²) >= 11 is 1.80. The lowest BCUT2D eigenvalue weighted by atomic mass is 9.82. The van der Waals surface area contributed by atoms with E-state index in [9.17, 15) is 5.11 Å². The molecule has 5 heteroatoms. The molecule has 2 aromatic heterocycles. The summed E-state index contributed by atoms with van der Waals surface area (Å²) < 4.78 is 8.53. The zero-order chi connectivity index (χ0) is 22.5. The summed E-state index contributed by atoms with van der Waals surface area (Å²) in [4.78, 5) is 5.06. The summed E-state index contributed by atoms with van der Waals surface area (Å²) in [5, 5.41) is 14.1. The van der Waals surface area contributed by atoms with Gasteiger partial charge in [-0.15, -0.1) is 11.3 Å². The highest BCUT2D eigenvalue weighted by molar-refractivity contribution is 7.26. The number of hydrogen-bond donors (Lipinski definition) is 1. The number of benzene rings is 3. The number of aromatic nitrogens is 1. The van der Waals surface area contributed by atoms with E-state index < -0.39 is 11.2 Å². The first-order chi connectivity index (χ1) is 15.2. The molecular formula is C27H26BNO2S. The summed E-state index contributed by atoms with van der Waals surface area (Å²) in [6, 6.07) is 25.4. The Bertz CT molecular complexity index is 1430. The molecule has 0 bridgehead atoms. The van der Waals surface area contributed by atoms with Gasteiger partial charge in [0.05, 0.1) is 27.1 Å². The molecule has 0 aliphatic carbocycles. The van der Waals surface area contributed by atoms with E-state index in [4.69, 9.17) is 9.64 Å². The molecule has 0 saturated carbocycles. The SMILES string of the molecule is CC(C)(O)C(C)(C)OBc1ccc(-c2nc3ccccc3c3c2sc2ccccc23)cc1. The van der Waals surface area contributed by atoms with Gasteiger partial charge in [0, 0.05) is 26.4 Å². The Morgan fingerprint density at radius 2 is 1.50 bits per heavy atom. The van der Waals surface area contributed by atoms with Gasteiger partial charge >= 0.3 is 7.48 Å². The lowest BCUT2D eigenvalue weighted by Crippen LogP contribution is -2.49. The monoisotopic (exact) mass is 439 g/mol. The van der Waals surface area contributed by atoms with Crippen molar-refractivity contribution in [2.75, 3.05) is 0 Å². The van der Waals surface area contributed by atoms with Crippen molar-refractivity contribution in [3.8, 4) is 11.3 Å². The first kappa shape index (κ1) is 21.1. The highest BCUT2D eigenvalue weighted by Crippen LogP contribution is 2.42. The van der Waals surface area contributed by atoms with E-state index in [-0.39, 0.29) is 0 Å². The molecule has 0 unspecified atom stereocenters. The second kappa shape index (κ2) is 7.70. The van der Waals surface area contributed by atoms with Crippen LogP contribution >= 0.6 is 11.3 Å². The van der Waals surface area contributed by atoms with E-state index in [1.165, 1.54) is 25.6 Å². The maximum absolute atomic E-state index is 10.3. The molecule has 0 aliphatic rings. The maximum atomic E-state index is 10.3. The van der Waals surface area contributed by atoms with Crippen molar-refractivity contribution < 1.29 is 9.76 Å². The van der Waals surface area contributed by atoms with Gasteiger partial charge in [-0.3, -0.25) is 0 Å². The zero-order valence-corrected chi connectivity index (χ0v) is 19.7. The van der Waals surface area contributed by atoms with Crippen LogP contribution in [0.2, 0.25) is 0 Å². The Labute approximate surface area is 193 Å². The highest BCUT2D eigenvalue weighted by Gasteiger charge is 2.35. The van der Waals surface area contributed by atoms with Gasteiger partial charge in [-0.25, -0.2) is 4.98 Å². The molecular weight excluding hydrogens is 413 g/mol. The van der Waals surface area contributed by atoms with Gasteiger partial charge < -0.3 is 9.76 Å². The van der Waals surface area contributed by atoms with Crippen LogP contribution < -0.4 is 5.46 Å². The second-order valence-electron chi connectivity index (χ2n) is 9.33. The average molecular weight is 439 g/mol. The quantitative estimate of drug-likeness (QED) is 0.351. The van der Waals surface area contributed by atoms with Crippen LogP contribution in [0.15, 0.2) is 72.8 Å². The van der Waals surface area contributed by atoms with E-state index in [0.29, 0.717) is 7.48 Å². The smallest absolute Gasteiger partial charge is 0.309 e. The van der Waals surface area contributed by atoms with Crippen molar-refractivity contribution in [3.63, 3.8) is 0 Å². The molecule has 1 N–H and O–H groups in total. The number of hydrogen-bond acceptors (Lipinski definition) is 4. The first-order valence-corrected chi connectivity index (χ1v) is 11.7. The Morgan fingerprint density at radius 1 is 0.844 bits per heavy atom. The number of nitrogens with zero attached hydrogens (tertiary/aromatic N) is 1. The highest BCUT2D eigenvalue weighted by atomic mass is 32.1. The molecule has 3 aromatic carbocycles. The van der Waals surface area contributed by atoms with Crippen LogP contribution in [0.4, 0.5) is 0 Å². The van der Waals surface area contributed by atoms with Crippen molar-refractivity contribution in [1.82, 2.24) is 4.98 Å². The maximum Gasteiger partial charge on any atom is 0.309 e. The van der Waals surface area contributed by atoms with Gasteiger partial charge in [0.15, 0.2) is 0 Å². The van der Waals surface area contributed by atoms with E-state index in [1.54, 1.807) is 25.2 Å². The minimum absolute atomic E-state index is 0.445. The average Bonchev–Trinajstić information content (AvgIpc) is 3.17. The van der Waals surface area contributed by atoms with Crippen molar-refractivity contribution >= 4 is 55.4 Å². The molecule has 3 nitrogen and oxygen atoms in total.